The fourth-order valence-corrected chi connectivity index (χ4v) is 7.12. The van der Waals surface area contributed by atoms with Crippen molar-refractivity contribution in [3.8, 4) is 5.75 Å². The predicted molar refractivity (Wildman–Crippen MR) is 103 cm³/mol. The molecule has 1 heterocycles. The number of para-hydroxylation sites is 2. The topological polar surface area (TPSA) is 12.5 Å². The lowest BCUT2D eigenvalue weighted by Gasteiger charge is -2.41. The molecule has 5 rings (SSSR count). The van der Waals surface area contributed by atoms with Gasteiger partial charge in [-0.05, 0) is 68.4 Å². The maximum Gasteiger partial charge on any atom is 0.142 e. The van der Waals surface area contributed by atoms with Crippen LogP contribution in [0.15, 0.2) is 24.3 Å². The van der Waals surface area contributed by atoms with E-state index in [1.807, 2.05) is 0 Å². The summed E-state index contributed by atoms with van der Waals surface area (Å²) < 4.78 is 6.07. The number of nitrogens with zero attached hydrogens (tertiary/aromatic N) is 1. The molecular weight excluding hydrogens is 306 g/mol. The van der Waals surface area contributed by atoms with Crippen molar-refractivity contribution in [3.05, 3.63) is 24.3 Å². The molecule has 3 saturated carbocycles. The van der Waals surface area contributed by atoms with Crippen molar-refractivity contribution < 1.29 is 4.74 Å². The summed E-state index contributed by atoms with van der Waals surface area (Å²) in [4.78, 5) is 2.90. The van der Waals surface area contributed by atoms with Crippen LogP contribution in [0.3, 0.4) is 0 Å². The summed E-state index contributed by atoms with van der Waals surface area (Å²) in [5.41, 5.74) is 1.40. The molecule has 1 aliphatic heterocycles. The van der Waals surface area contributed by atoms with Gasteiger partial charge in [-0.25, -0.2) is 0 Å². The number of hydrogen-bond acceptors (Lipinski definition) is 2. The summed E-state index contributed by atoms with van der Waals surface area (Å²) in [6.45, 7) is 2.87. The molecule has 0 amide bonds. The lowest BCUT2D eigenvalue weighted by atomic mass is 9.78. The Bertz CT molecular complexity index is 612. The quantitative estimate of drug-likeness (QED) is 0.704. The average molecular weight is 340 g/mol. The molecule has 6 atom stereocenters. The minimum Gasteiger partial charge on any atom is -0.492 e. The zero-order valence-corrected chi connectivity index (χ0v) is 15.7. The SMILES string of the molecule is CCOc1ccccc1N1C2CCCCC2C2CC3CCCCC3C21. The monoisotopic (exact) mass is 339 g/mol. The maximum atomic E-state index is 6.07. The van der Waals surface area contributed by atoms with Crippen LogP contribution >= 0.6 is 0 Å². The summed E-state index contributed by atoms with van der Waals surface area (Å²) in [6, 6.07) is 10.5. The van der Waals surface area contributed by atoms with Crippen LogP contribution in [0.25, 0.3) is 0 Å². The van der Waals surface area contributed by atoms with Gasteiger partial charge < -0.3 is 9.64 Å². The molecule has 4 aliphatic rings. The standard InChI is InChI=1S/C23H33NO/c1-2-25-22-14-8-7-13-21(22)24-20-12-6-5-11-18(20)19-15-16-9-3-4-10-17(16)23(19)24/h7-8,13-14,16-20,23H,2-6,9-12,15H2,1H3. The first kappa shape index (κ1) is 16.0. The Morgan fingerprint density at radius 2 is 1.68 bits per heavy atom. The van der Waals surface area contributed by atoms with Gasteiger partial charge in [-0.1, -0.05) is 44.2 Å². The van der Waals surface area contributed by atoms with Crippen molar-refractivity contribution in [1.82, 2.24) is 0 Å². The van der Waals surface area contributed by atoms with E-state index in [0.29, 0.717) is 0 Å². The Morgan fingerprint density at radius 3 is 2.56 bits per heavy atom. The molecule has 25 heavy (non-hydrogen) atoms. The summed E-state index contributed by atoms with van der Waals surface area (Å²) in [5, 5.41) is 0. The van der Waals surface area contributed by atoms with Gasteiger partial charge in [-0.3, -0.25) is 0 Å². The Labute approximate surface area is 152 Å². The van der Waals surface area contributed by atoms with E-state index in [4.69, 9.17) is 4.74 Å². The summed E-state index contributed by atoms with van der Waals surface area (Å²) in [6.07, 6.45) is 13.2. The number of ether oxygens (including phenoxy) is 1. The third-order valence-electron chi connectivity index (χ3n) is 7.87. The Hall–Kier alpha value is -1.18. The molecule has 1 aromatic rings. The molecule has 3 aliphatic carbocycles. The number of hydrogen-bond donors (Lipinski definition) is 0. The molecular formula is C23H33NO. The minimum absolute atomic E-state index is 0.763. The highest BCUT2D eigenvalue weighted by molar-refractivity contribution is 5.61. The normalized spacial score (nSPS) is 39.6. The largest absolute Gasteiger partial charge is 0.492 e. The van der Waals surface area contributed by atoms with Gasteiger partial charge in [0.05, 0.1) is 12.3 Å². The highest BCUT2D eigenvalue weighted by atomic mass is 16.5. The van der Waals surface area contributed by atoms with Crippen molar-refractivity contribution >= 4 is 5.69 Å². The summed E-state index contributed by atoms with van der Waals surface area (Å²) in [7, 11) is 0. The Kier molecular flexibility index (Phi) is 4.18. The van der Waals surface area contributed by atoms with Crippen molar-refractivity contribution in [3.63, 3.8) is 0 Å². The van der Waals surface area contributed by atoms with Crippen molar-refractivity contribution in [2.75, 3.05) is 11.5 Å². The van der Waals surface area contributed by atoms with Crippen LogP contribution in [-0.4, -0.2) is 18.7 Å². The minimum atomic E-state index is 0.763. The predicted octanol–water partition coefficient (Wildman–Crippen LogP) is 5.66. The summed E-state index contributed by atoms with van der Waals surface area (Å²) >= 11 is 0. The third-order valence-corrected chi connectivity index (χ3v) is 7.87. The van der Waals surface area contributed by atoms with E-state index < -0.39 is 0 Å². The second kappa shape index (κ2) is 6.52. The zero-order valence-electron chi connectivity index (χ0n) is 15.7. The first-order valence-electron chi connectivity index (χ1n) is 10.9. The van der Waals surface area contributed by atoms with Gasteiger partial charge in [0.2, 0.25) is 0 Å². The molecule has 1 saturated heterocycles. The lowest BCUT2D eigenvalue weighted by Crippen LogP contribution is -2.43. The first-order chi connectivity index (χ1) is 12.4. The van der Waals surface area contributed by atoms with Crippen LogP contribution in [-0.2, 0) is 0 Å². The molecule has 0 spiro atoms. The van der Waals surface area contributed by atoms with E-state index >= 15 is 0 Å². The molecule has 4 fully saturated rings. The Morgan fingerprint density at radius 1 is 0.920 bits per heavy atom. The number of fused-ring (bicyclic) bond motifs is 5. The number of benzene rings is 1. The Balaban J connectivity index is 1.56. The molecule has 2 heteroatoms. The molecule has 0 radical (unpaired) electrons. The van der Waals surface area contributed by atoms with E-state index in [9.17, 15) is 0 Å². The van der Waals surface area contributed by atoms with E-state index in [2.05, 4.69) is 36.1 Å². The molecule has 0 N–H and O–H groups in total. The molecule has 6 unspecified atom stereocenters. The van der Waals surface area contributed by atoms with Crippen molar-refractivity contribution in [2.24, 2.45) is 23.7 Å². The fourth-order valence-electron chi connectivity index (χ4n) is 7.12. The van der Waals surface area contributed by atoms with Crippen molar-refractivity contribution in [2.45, 2.75) is 76.8 Å². The van der Waals surface area contributed by atoms with Crippen molar-refractivity contribution in [1.29, 1.82) is 0 Å². The number of rotatable bonds is 3. The van der Waals surface area contributed by atoms with E-state index in [1.54, 1.807) is 0 Å². The molecule has 136 valence electrons. The van der Waals surface area contributed by atoms with Gasteiger partial charge in [0.1, 0.15) is 5.75 Å². The van der Waals surface area contributed by atoms with E-state index in [0.717, 1.165) is 48.1 Å². The fraction of sp³-hybridized carbons (Fsp3) is 0.739. The van der Waals surface area contributed by atoms with Gasteiger partial charge in [0, 0.05) is 12.1 Å². The summed E-state index contributed by atoms with van der Waals surface area (Å²) in [5.74, 6) is 4.97. The van der Waals surface area contributed by atoms with Crippen LogP contribution in [0, 0.1) is 23.7 Å². The van der Waals surface area contributed by atoms with E-state index in [-0.39, 0.29) is 0 Å². The molecule has 0 bridgehead atoms. The highest BCUT2D eigenvalue weighted by Crippen LogP contribution is 2.59. The zero-order chi connectivity index (χ0) is 16.8. The van der Waals surface area contributed by atoms with E-state index in [1.165, 1.54) is 63.5 Å². The van der Waals surface area contributed by atoms with Gasteiger partial charge in [0.25, 0.3) is 0 Å². The van der Waals surface area contributed by atoms with Gasteiger partial charge in [0.15, 0.2) is 0 Å². The van der Waals surface area contributed by atoms with Gasteiger partial charge >= 0.3 is 0 Å². The van der Waals surface area contributed by atoms with Crippen LogP contribution in [0.1, 0.15) is 64.7 Å². The van der Waals surface area contributed by atoms with Crippen LogP contribution in [0.4, 0.5) is 5.69 Å². The second-order valence-electron chi connectivity index (χ2n) is 8.92. The smallest absolute Gasteiger partial charge is 0.142 e. The van der Waals surface area contributed by atoms with Gasteiger partial charge in [-0.15, -0.1) is 0 Å². The van der Waals surface area contributed by atoms with Crippen LogP contribution < -0.4 is 9.64 Å². The lowest BCUT2D eigenvalue weighted by molar-refractivity contribution is 0.235. The molecule has 2 nitrogen and oxygen atoms in total. The first-order valence-corrected chi connectivity index (χ1v) is 10.9. The van der Waals surface area contributed by atoms with Crippen LogP contribution in [0.5, 0.6) is 5.75 Å². The third kappa shape index (κ3) is 2.51. The van der Waals surface area contributed by atoms with Gasteiger partial charge in [-0.2, -0.15) is 0 Å². The maximum absolute atomic E-state index is 6.07. The molecule has 0 aromatic heterocycles. The number of anilines is 1. The average Bonchev–Trinajstić information content (AvgIpc) is 3.18. The van der Waals surface area contributed by atoms with Crippen LogP contribution in [0.2, 0.25) is 0 Å². The highest BCUT2D eigenvalue weighted by Gasteiger charge is 2.57. The second-order valence-corrected chi connectivity index (χ2v) is 8.92. The molecule has 1 aromatic carbocycles.